The van der Waals surface area contributed by atoms with E-state index in [9.17, 15) is 4.79 Å². The van der Waals surface area contributed by atoms with Crippen molar-refractivity contribution in [3.05, 3.63) is 48.0 Å². The second kappa shape index (κ2) is 8.04. The van der Waals surface area contributed by atoms with Crippen molar-refractivity contribution in [1.29, 1.82) is 0 Å². The summed E-state index contributed by atoms with van der Waals surface area (Å²) in [5.41, 5.74) is 1.95. The molecular weight excluding hydrogens is 326 g/mol. The molecule has 5 nitrogen and oxygen atoms in total. The van der Waals surface area contributed by atoms with E-state index in [-0.39, 0.29) is 11.9 Å². The van der Waals surface area contributed by atoms with Crippen molar-refractivity contribution in [3.63, 3.8) is 0 Å². The van der Waals surface area contributed by atoms with Crippen molar-refractivity contribution in [3.8, 4) is 0 Å². The molecular formula is C21H27N3O2. The standard InChI is InChI=1S/C21H27N3O2/c25-21(19-10-5-11-20-22-12-13-24(19)20)23-17-7-4-6-16(14-17)15-26-18-8-2-1-3-9-18/h4,6-7,12-14,18-19H,1-3,5,8-11,15H2,(H,23,25). The Morgan fingerprint density at radius 1 is 1.19 bits per heavy atom. The molecule has 2 aliphatic rings. The fourth-order valence-corrected chi connectivity index (χ4v) is 4.08. The lowest BCUT2D eigenvalue weighted by molar-refractivity contribution is -0.119. The molecule has 1 aromatic carbocycles. The minimum Gasteiger partial charge on any atom is -0.374 e. The second-order valence-corrected chi connectivity index (χ2v) is 7.42. The maximum atomic E-state index is 12.8. The molecule has 2 heterocycles. The van der Waals surface area contributed by atoms with E-state index >= 15 is 0 Å². The van der Waals surface area contributed by atoms with Gasteiger partial charge in [0.25, 0.3) is 0 Å². The number of nitrogens with one attached hydrogen (secondary N) is 1. The van der Waals surface area contributed by atoms with Crippen molar-refractivity contribution in [2.45, 2.75) is 70.1 Å². The van der Waals surface area contributed by atoms with E-state index in [1.165, 1.54) is 32.1 Å². The summed E-state index contributed by atoms with van der Waals surface area (Å²) in [7, 11) is 0. The zero-order valence-electron chi connectivity index (χ0n) is 15.2. The van der Waals surface area contributed by atoms with Crippen LogP contribution in [0.1, 0.15) is 62.4 Å². The van der Waals surface area contributed by atoms with E-state index in [4.69, 9.17) is 4.74 Å². The number of aryl methyl sites for hydroxylation is 1. The van der Waals surface area contributed by atoms with Crippen LogP contribution in [0.15, 0.2) is 36.7 Å². The molecule has 1 aliphatic carbocycles. The van der Waals surface area contributed by atoms with Gasteiger partial charge in [-0.15, -0.1) is 0 Å². The van der Waals surface area contributed by atoms with E-state index < -0.39 is 0 Å². The Labute approximate surface area is 154 Å². The predicted octanol–water partition coefficient (Wildman–Crippen LogP) is 4.25. The number of nitrogens with zero attached hydrogens (tertiary/aromatic N) is 2. The molecule has 1 amide bonds. The number of ether oxygens (including phenoxy) is 1. The quantitative estimate of drug-likeness (QED) is 0.874. The van der Waals surface area contributed by atoms with Crippen molar-refractivity contribution < 1.29 is 9.53 Å². The number of aromatic nitrogens is 2. The molecule has 5 heteroatoms. The van der Waals surface area contributed by atoms with Crippen molar-refractivity contribution in [1.82, 2.24) is 9.55 Å². The van der Waals surface area contributed by atoms with E-state index in [1.807, 2.05) is 29.0 Å². The number of hydrogen-bond acceptors (Lipinski definition) is 3. The van der Waals surface area contributed by atoms with Gasteiger partial charge in [-0.2, -0.15) is 0 Å². The summed E-state index contributed by atoms with van der Waals surface area (Å²) in [5, 5.41) is 3.08. The molecule has 0 saturated heterocycles. The maximum absolute atomic E-state index is 12.8. The van der Waals surface area contributed by atoms with Gasteiger partial charge >= 0.3 is 0 Å². The molecule has 1 aliphatic heterocycles. The maximum Gasteiger partial charge on any atom is 0.247 e. The van der Waals surface area contributed by atoms with Gasteiger partial charge in [0.05, 0.1) is 12.7 Å². The van der Waals surface area contributed by atoms with Crippen LogP contribution in [-0.4, -0.2) is 21.6 Å². The molecule has 26 heavy (non-hydrogen) atoms. The molecule has 138 valence electrons. The lowest BCUT2D eigenvalue weighted by atomic mass is 9.98. The summed E-state index contributed by atoms with van der Waals surface area (Å²) in [6, 6.07) is 7.85. The van der Waals surface area contributed by atoms with Crippen LogP contribution in [-0.2, 0) is 22.6 Å². The van der Waals surface area contributed by atoms with E-state index in [0.29, 0.717) is 12.7 Å². The van der Waals surface area contributed by atoms with Crippen LogP contribution >= 0.6 is 0 Å². The topological polar surface area (TPSA) is 56.1 Å². The van der Waals surface area contributed by atoms with Crippen LogP contribution < -0.4 is 5.32 Å². The summed E-state index contributed by atoms with van der Waals surface area (Å²) in [4.78, 5) is 17.1. The van der Waals surface area contributed by atoms with Gasteiger partial charge in [-0.05, 0) is 43.4 Å². The SMILES string of the molecule is O=C(Nc1cccc(COC2CCCCC2)c1)C1CCCc2nccn21. The van der Waals surface area contributed by atoms with E-state index in [1.54, 1.807) is 6.20 Å². The van der Waals surface area contributed by atoms with Crippen LogP contribution in [0.4, 0.5) is 5.69 Å². The average Bonchev–Trinajstić information content (AvgIpc) is 3.16. The number of carbonyl (C=O) groups is 1. The first-order valence-corrected chi connectivity index (χ1v) is 9.83. The van der Waals surface area contributed by atoms with Crippen LogP contribution in [0.2, 0.25) is 0 Å². The lowest BCUT2D eigenvalue weighted by Gasteiger charge is -2.24. The number of imidazole rings is 1. The van der Waals surface area contributed by atoms with E-state index in [2.05, 4.69) is 16.4 Å². The van der Waals surface area contributed by atoms with Crippen LogP contribution in [0, 0.1) is 0 Å². The zero-order chi connectivity index (χ0) is 17.8. The molecule has 1 atom stereocenters. The Bertz CT molecular complexity index is 749. The summed E-state index contributed by atoms with van der Waals surface area (Å²) >= 11 is 0. The monoisotopic (exact) mass is 353 g/mol. The van der Waals surface area contributed by atoms with Gasteiger partial charge in [0.1, 0.15) is 11.9 Å². The Morgan fingerprint density at radius 2 is 2.08 bits per heavy atom. The number of benzene rings is 1. The molecule has 0 bridgehead atoms. The molecule has 1 N–H and O–H groups in total. The van der Waals surface area contributed by atoms with Crippen molar-refractivity contribution in [2.24, 2.45) is 0 Å². The first kappa shape index (κ1) is 17.3. The Kier molecular flexibility index (Phi) is 5.34. The minimum atomic E-state index is -0.164. The molecule has 1 unspecified atom stereocenters. The zero-order valence-corrected chi connectivity index (χ0v) is 15.2. The Hall–Kier alpha value is -2.14. The summed E-state index contributed by atoms with van der Waals surface area (Å²) in [6.45, 7) is 0.615. The molecule has 0 spiro atoms. The summed E-state index contributed by atoms with van der Waals surface area (Å²) < 4.78 is 8.07. The number of amides is 1. The van der Waals surface area contributed by atoms with Gasteiger partial charge in [0.2, 0.25) is 5.91 Å². The highest BCUT2D eigenvalue weighted by Crippen LogP contribution is 2.26. The Morgan fingerprint density at radius 3 is 2.96 bits per heavy atom. The smallest absolute Gasteiger partial charge is 0.247 e. The highest BCUT2D eigenvalue weighted by Gasteiger charge is 2.26. The second-order valence-electron chi connectivity index (χ2n) is 7.42. The van der Waals surface area contributed by atoms with Gasteiger partial charge in [0.15, 0.2) is 0 Å². The minimum absolute atomic E-state index is 0.0364. The predicted molar refractivity (Wildman–Crippen MR) is 101 cm³/mol. The van der Waals surface area contributed by atoms with Gasteiger partial charge < -0.3 is 14.6 Å². The number of fused-ring (bicyclic) bond motifs is 1. The molecule has 1 saturated carbocycles. The summed E-state index contributed by atoms with van der Waals surface area (Å²) in [6.07, 6.45) is 13.1. The highest BCUT2D eigenvalue weighted by atomic mass is 16.5. The fraction of sp³-hybridized carbons (Fsp3) is 0.524. The third-order valence-corrected chi connectivity index (χ3v) is 5.50. The number of hydrogen-bond donors (Lipinski definition) is 1. The third-order valence-electron chi connectivity index (χ3n) is 5.50. The molecule has 2 aromatic rings. The highest BCUT2D eigenvalue weighted by molar-refractivity contribution is 5.93. The lowest BCUT2D eigenvalue weighted by Crippen LogP contribution is -2.29. The Balaban J connectivity index is 1.37. The first-order valence-electron chi connectivity index (χ1n) is 9.83. The van der Waals surface area contributed by atoms with Gasteiger partial charge in [-0.1, -0.05) is 31.4 Å². The largest absolute Gasteiger partial charge is 0.374 e. The van der Waals surface area contributed by atoms with E-state index in [0.717, 1.165) is 36.3 Å². The number of anilines is 1. The summed E-state index contributed by atoms with van der Waals surface area (Å²) in [5.74, 6) is 1.04. The molecule has 4 rings (SSSR count). The van der Waals surface area contributed by atoms with Crippen molar-refractivity contribution >= 4 is 11.6 Å². The molecule has 1 aromatic heterocycles. The van der Waals surface area contributed by atoms with Gasteiger partial charge in [-0.25, -0.2) is 4.98 Å². The average molecular weight is 353 g/mol. The molecule has 1 fully saturated rings. The van der Waals surface area contributed by atoms with Crippen LogP contribution in [0.3, 0.4) is 0 Å². The van der Waals surface area contributed by atoms with Gasteiger partial charge in [0, 0.05) is 24.5 Å². The third kappa shape index (κ3) is 3.98. The van der Waals surface area contributed by atoms with Crippen molar-refractivity contribution in [2.75, 3.05) is 5.32 Å². The van der Waals surface area contributed by atoms with Crippen LogP contribution in [0.25, 0.3) is 0 Å². The fourth-order valence-electron chi connectivity index (χ4n) is 4.08. The molecule has 0 radical (unpaired) electrons. The first-order chi connectivity index (χ1) is 12.8. The van der Waals surface area contributed by atoms with Crippen LogP contribution in [0.5, 0.6) is 0 Å². The number of rotatable bonds is 5. The van der Waals surface area contributed by atoms with Gasteiger partial charge in [-0.3, -0.25) is 4.79 Å². The normalized spacial score (nSPS) is 20.5. The number of carbonyl (C=O) groups excluding carboxylic acids is 1.